The lowest BCUT2D eigenvalue weighted by Crippen LogP contribution is -2.07. The number of hydrogen-bond donors (Lipinski definition) is 1. The number of aliphatic hydroxyl groups excluding tert-OH is 1. The number of aryl methyl sites for hydroxylation is 4. The van der Waals surface area contributed by atoms with Crippen LogP contribution in [0.2, 0.25) is 0 Å². The highest BCUT2D eigenvalue weighted by Gasteiger charge is 2.14. The summed E-state index contributed by atoms with van der Waals surface area (Å²) in [7, 11) is 0. The molecule has 1 heteroatoms. The molecule has 0 aliphatic rings. The molecule has 2 aromatic rings. The third-order valence-corrected chi connectivity index (χ3v) is 4.28. The zero-order valence-electron chi connectivity index (χ0n) is 13.6. The molecule has 2 aromatic carbocycles. The maximum atomic E-state index is 10.7. The zero-order valence-corrected chi connectivity index (χ0v) is 13.6. The second-order valence-electron chi connectivity index (χ2n) is 5.89. The standard InChI is InChI=1S/C20H26O/c1-5-16-9-10-17(6-2)19(12-16)20(21)13-18-11-14(3)7-8-15(18)4/h7-12,20-21H,5-6,13H2,1-4H3. The molecular formula is C20H26O. The van der Waals surface area contributed by atoms with E-state index in [0.29, 0.717) is 6.42 Å². The van der Waals surface area contributed by atoms with Crippen LogP contribution >= 0.6 is 0 Å². The second-order valence-corrected chi connectivity index (χ2v) is 5.89. The van der Waals surface area contributed by atoms with Gasteiger partial charge in [-0.2, -0.15) is 0 Å². The van der Waals surface area contributed by atoms with Crippen molar-refractivity contribution in [2.75, 3.05) is 0 Å². The number of hydrogen-bond acceptors (Lipinski definition) is 1. The minimum absolute atomic E-state index is 0.424. The third kappa shape index (κ3) is 3.74. The first-order chi connectivity index (χ1) is 10.0. The minimum Gasteiger partial charge on any atom is -0.388 e. The first-order valence-electron chi connectivity index (χ1n) is 7.91. The van der Waals surface area contributed by atoms with Gasteiger partial charge < -0.3 is 5.11 Å². The predicted molar refractivity (Wildman–Crippen MR) is 89.8 cm³/mol. The molecule has 0 aromatic heterocycles. The van der Waals surface area contributed by atoms with Crippen molar-refractivity contribution in [2.45, 2.75) is 53.1 Å². The summed E-state index contributed by atoms with van der Waals surface area (Å²) in [6.07, 6.45) is 2.23. The summed E-state index contributed by atoms with van der Waals surface area (Å²) in [5.74, 6) is 0. The molecule has 0 radical (unpaired) electrons. The van der Waals surface area contributed by atoms with Gasteiger partial charge in [0.15, 0.2) is 0 Å². The summed E-state index contributed by atoms with van der Waals surface area (Å²) < 4.78 is 0. The summed E-state index contributed by atoms with van der Waals surface area (Å²) in [6, 6.07) is 13.0. The fourth-order valence-electron chi connectivity index (χ4n) is 2.83. The average Bonchev–Trinajstić information content (AvgIpc) is 2.50. The van der Waals surface area contributed by atoms with Crippen molar-refractivity contribution >= 4 is 0 Å². The van der Waals surface area contributed by atoms with Crippen molar-refractivity contribution in [3.8, 4) is 0 Å². The molecule has 0 heterocycles. The Morgan fingerprint density at radius 2 is 1.67 bits per heavy atom. The minimum atomic E-state index is -0.424. The van der Waals surface area contributed by atoms with Crippen LogP contribution in [0.3, 0.4) is 0 Å². The van der Waals surface area contributed by atoms with Crippen molar-refractivity contribution in [1.29, 1.82) is 0 Å². The lowest BCUT2D eigenvalue weighted by molar-refractivity contribution is 0.177. The average molecular weight is 282 g/mol. The maximum absolute atomic E-state index is 10.7. The molecule has 1 atom stereocenters. The van der Waals surface area contributed by atoms with Gasteiger partial charge in [-0.1, -0.05) is 55.8 Å². The smallest absolute Gasteiger partial charge is 0.0833 e. The van der Waals surface area contributed by atoms with Gasteiger partial charge in [0.05, 0.1) is 6.10 Å². The van der Waals surface area contributed by atoms with Gasteiger partial charge in [0, 0.05) is 6.42 Å². The van der Waals surface area contributed by atoms with Gasteiger partial charge in [0.25, 0.3) is 0 Å². The van der Waals surface area contributed by atoms with Crippen LogP contribution in [0.15, 0.2) is 36.4 Å². The van der Waals surface area contributed by atoms with Crippen molar-refractivity contribution in [3.05, 3.63) is 69.8 Å². The summed E-state index contributed by atoms with van der Waals surface area (Å²) >= 11 is 0. The van der Waals surface area contributed by atoms with Gasteiger partial charge in [0.1, 0.15) is 0 Å². The molecule has 0 aliphatic heterocycles. The van der Waals surface area contributed by atoms with E-state index in [4.69, 9.17) is 0 Å². The van der Waals surface area contributed by atoms with Crippen LogP contribution in [-0.4, -0.2) is 5.11 Å². The Kier molecular flexibility index (Phi) is 5.19. The molecule has 0 bridgehead atoms. The first kappa shape index (κ1) is 15.8. The number of benzene rings is 2. The van der Waals surface area contributed by atoms with Crippen molar-refractivity contribution in [3.63, 3.8) is 0 Å². The zero-order chi connectivity index (χ0) is 15.4. The Balaban J connectivity index is 2.31. The molecule has 1 unspecified atom stereocenters. The number of aliphatic hydroxyl groups is 1. The van der Waals surface area contributed by atoms with Crippen LogP contribution in [0.25, 0.3) is 0 Å². The molecule has 0 amide bonds. The highest BCUT2D eigenvalue weighted by atomic mass is 16.3. The van der Waals surface area contributed by atoms with Crippen LogP contribution in [0, 0.1) is 13.8 Å². The lowest BCUT2D eigenvalue weighted by atomic mass is 9.92. The van der Waals surface area contributed by atoms with Gasteiger partial charge >= 0.3 is 0 Å². The predicted octanol–water partition coefficient (Wildman–Crippen LogP) is 4.70. The molecule has 0 saturated carbocycles. The van der Waals surface area contributed by atoms with Crippen LogP contribution in [0.5, 0.6) is 0 Å². The highest BCUT2D eigenvalue weighted by molar-refractivity contribution is 5.37. The summed E-state index contributed by atoms with van der Waals surface area (Å²) in [5, 5.41) is 10.7. The Hall–Kier alpha value is -1.60. The third-order valence-electron chi connectivity index (χ3n) is 4.28. The molecule has 0 aliphatic carbocycles. The van der Waals surface area contributed by atoms with E-state index in [1.807, 2.05) is 0 Å². The summed E-state index contributed by atoms with van der Waals surface area (Å²) in [5.41, 5.74) is 7.39. The largest absolute Gasteiger partial charge is 0.388 e. The number of rotatable bonds is 5. The van der Waals surface area contributed by atoms with E-state index in [1.54, 1.807) is 0 Å². The highest BCUT2D eigenvalue weighted by Crippen LogP contribution is 2.25. The van der Waals surface area contributed by atoms with Crippen LogP contribution in [-0.2, 0) is 19.3 Å². The molecule has 1 N–H and O–H groups in total. The van der Waals surface area contributed by atoms with E-state index in [9.17, 15) is 5.11 Å². The Morgan fingerprint density at radius 3 is 2.33 bits per heavy atom. The van der Waals surface area contributed by atoms with E-state index >= 15 is 0 Å². The monoisotopic (exact) mass is 282 g/mol. The summed E-state index contributed by atoms with van der Waals surface area (Å²) in [6.45, 7) is 8.52. The quantitative estimate of drug-likeness (QED) is 0.842. The van der Waals surface area contributed by atoms with Crippen LogP contribution < -0.4 is 0 Å². The van der Waals surface area contributed by atoms with Gasteiger partial charge in [-0.15, -0.1) is 0 Å². The van der Waals surface area contributed by atoms with Crippen LogP contribution in [0.1, 0.15) is 53.3 Å². The van der Waals surface area contributed by atoms with Gasteiger partial charge in [-0.25, -0.2) is 0 Å². The SMILES string of the molecule is CCc1ccc(CC)c(C(O)Cc2cc(C)ccc2C)c1. The Morgan fingerprint density at radius 1 is 0.905 bits per heavy atom. The van der Waals surface area contributed by atoms with Crippen molar-refractivity contribution in [2.24, 2.45) is 0 Å². The Labute approximate surface area is 128 Å². The van der Waals surface area contributed by atoms with E-state index in [2.05, 4.69) is 64.1 Å². The molecule has 0 fully saturated rings. The molecule has 1 nitrogen and oxygen atoms in total. The normalized spacial score (nSPS) is 12.4. The molecule has 0 saturated heterocycles. The van der Waals surface area contributed by atoms with Gasteiger partial charge in [-0.05, 0) is 54.5 Å². The maximum Gasteiger partial charge on any atom is 0.0833 e. The lowest BCUT2D eigenvalue weighted by Gasteiger charge is -2.18. The first-order valence-corrected chi connectivity index (χ1v) is 7.91. The van der Waals surface area contributed by atoms with Gasteiger partial charge in [0.2, 0.25) is 0 Å². The Bertz CT molecular complexity index is 613. The van der Waals surface area contributed by atoms with Gasteiger partial charge in [-0.3, -0.25) is 0 Å². The molecule has 21 heavy (non-hydrogen) atoms. The van der Waals surface area contributed by atoms with E-state index in [-0.39, 0.29) is 0 Å². The molecule has 0 spiro atoms. The van der Waals surface area contributed by atoms with E-state index in [1.165, 1.54) is 27.8 Å². The van der Waals surface area contributed by atoms with E-state index < -0.39 is 6.10 Å². The second kappa shape index (κ2) is 6.91. The topological polar surface area (TPSA) is 20.2 Å². The molecule has 112 valence electrons. The van der Waals surface area contributed by atoms with E-state index in [0.717, 1.165) is 18.4 Å². The summed E-state index contributed by atoms with van der Waals surface area (Å²) in [4.78, 5) is 0. The molecular weight excluding hydrogens is 256 g/mol. The van der Waals surface area contributed by atoms with Crippen molar-refractivity contribution in [1.82, 2.24) is 0 Å². The van der Waals surface area contributed by atoms with Crippen molar-refractivity contribution < 1.29 is 5.11 Å². The van der Waals surface area contributed by atoms with Crippen LogP contribution in [0.4, 0.5) is 0 Å². The molecule has 2 rings (SSSR count). The fourth-order valence-corrected chi connectivity index (χ4v) is 2.83. The fraction of sp³-hybridized carbons (Fsp3) is 0.400.